The number of rotatable bonds is 4. The zero-order valence-electron chi connectivity index (χ0n) is 18.3. The number of cyclic esters (lactones) is 1. The summed E-state index contributed by atoms with van der Waals surface area (Å²) in [4.78, 5) is 12.8. The van der Waals surface area contributed by atoms with Gasteiger partial charge in [0.2, 0.25) is 0 Å². The van der Waals surface area contributed by atoms with Crippen LogP contribution in [-0.2, 0) is 22.4 Å². The molecule has 1 aliphatic heterocycles. The van der Waals surface area contributed by atoms with E-state index in [1.54, 1.807) is 28.4 Å². The summed E-state index contributed by atoms with van der Waals surface area (Å²) in [6.07, 6.45) is 1.28. The Morgan fingerprint density at radius 3 is 1.67 bits per heavy atom. The number of hydrogen-bond acceptors (Lipinski definition) is 6. The average molecular weight is 412 g/mol. The minimum atomic E-state index is -0.541. The largest absolute Gasteiger partial charge is 0.493 e. The normalized spacial score (nSPS) is 21.3. The zero-order valence-corrected chi connectivity index (χ0v) is 18.3. The van der Waals surface area contributed by atoms with Gasteiger partial charge in [-0.3, -0.25) is 4.79 Å². The van der Waals surface area contributed by atoms with Crippen LogP contribution in [0.5, 0.6) is 23.0 Å². The molecule has 0 amide bonds. The SMILES string of the molecule is COc1cc2c(cc1OC)-c1cc(OC)c(OC)cc1C[C@H]1C(=O)OC(C)(C)[C@@H]1C2. The lowest BCUT2D eigenvalue weighted by atomic mass is 9.72. The molecule has 2 aliphatic rings. The maximum absolute atomic E-state index is 12.8. The van der Waals surface area contributed by atoms with Gasteiger partial charge in [-0.25, -0.2) is 0 Å². The minimum Gasteiger partial charge on any atom is -0.493 e. The third-order valence-corrected chi connectivity index (χ3v) is 6.43. The predicted molar refractivity (Wildman–Crippen MR) is 113 cm³/mol. The van der Waals surface area contributed by atoms with Gasteiger partial charge in [-0.05, 0) is 73.2 Å². The van der Waals surface area contributed by atoms with Gasteiger partial charge in [0.15, 0.2) is 23.0 Å². The molecule has 4 rings (SSSR count). The number of benzene rings is 2. The molecule has 0 bridgehead atoms. The number of carbonyl (C=O) groups is 1. The molecule has 6 nitrogen and oxygen atoms in total. The first-order chi connectivity index (χ1) is 14.3. The van der Waals surface area contributed by atoms with Crippen molar-refractivity contribution in [2.24, 2.45) is 11.8 Å². The van der Waals surface area contributed by atoms with Gasteiger partial charge in [0.25, 0.3) is 0 Å². The van der Waals surface area contributed by atoms with Crippen LogP contribution in [0.2, 0.25) is 0 Å². The van der Waals surface area contributed by atoms with Crippen LogP contribution in [0.3, 0.4) is 0 Å². The van der Waals surface area contributed by atoms with E-state index < -0.39 is 5.60 Å². The fraction of sp³-hybridized carbons (Fsp3) is 0.458. The molecule has 0 saturated carbocycles. The Morgan fingerprint density at radius 2 is 1.20 bits per heavy atom. The molecular formula is C24H28O6. The third kappa shape index (κ3) is 3.15. The summed E-state index contributed by atoms with van der Waals surface area (Å²) in [5.41, 5.74) is 3.60. The molecule has 160 valence electrons. The predicted octanol–water partition coefficient (Wildman–Crippen LogP) is 4.05. The van der Waals surface area contributed by atoms with Gasteiger partial charge >= 0.3 is 5.97 Å². The van der Waals surface area contributed by atoms with E-state index in [1.807, 2.05) is 38.1 Å². The monoisotopic (exact) mass is 412 g/mol. The molecule has 2 atom stereocenters. The van der Waals surface area contributed by atoms with Crippen LogP contribution >= 0.6 is 0 Å². The van der Waals surface area contributed by atoms with E-state index >= 15 is 0 Å². The van der Waals surface area contributed by atoms with Gasteiger partial charge in [0.05, 0.1) is 34.4 Å². The fourth-order valence-electron chi connectivity index (χ4n) is 4.83. The van der Waals surface area contributed by atoms with Crippen LogP contribution < -0.4 is 18.9 Å². The van der Waals surface area contributed by atoms with E-state index in [4.69, 9.17) is 23.7 Å². The first-order valence-corrected chi connectivity index (χ1v) is 10.1. The zero-order chi connectivity index (χ0) is 21.6. The van der Waals surface area contributed by atoms with E-state index in [9.17, 15) is 4.79 Å². The van der Waals surface area contributed by atoms with Gasteiger partial charge in [-0.1, -0.05) is 0 Å². The van der Waals surface area contributed by atoms with Crippen molar-refractivity contribution in [3.05, 3.63) is 35.4 Å². The molecule has 2 aromatic rings. The maximum Gasteiger partial charge on any atom is 0.310 e. The third-order valence-electron chi connectivity index (χ3n) is 6.43. The molecule has 0 aromatic heterocycles. The van der Waals surface area contributed by atoms with Crippen molar-refractivity contribution in [2.45, 2.75) is 32.3 Å². The highest BCUT2D eigenvalue weighted by molar-refractivity contribution is 5.81. The smallest absolute Gasteiger partial charge is 0.310 e. The Morgan fingerprint density at radius 1 is 0.767 bits per heavy atom. The fourth-order valence-corrected chi connectivity index (χ4v) is 4.83. The summed E-state index contributed by atoms with van der Waals surface area (Å²) in [7, 11) is 6.50. The van der Waals surface area contributed by atoms with E-state index in [1.165, 1.54) is 0 Å². The average Bonchev–Trinajstić information content (AvgIpc) is 2.93. The van der Waals surface area contributed by atoms with Crippen molar-refractivity contribution in [2.75, 3.05) is 28.4 Å². The minimum absolute atomic E-state index is 0.0445. The summed E-state index contributed by atoms with van der Waals surface area (Å²) in [6.45, 7) is 3.99. The van der Waals surface area contributed by atoms with Gasteiger partial charge in [-0.2, -0.15) is 0 Å². The van der Waals surface area contributed by atoms with E-state index in [0.29, 0.717) is 35.8 Å². The second-order valence-corrected chi connectivity index (χ2v) is 8.37. The van der Waals surface area contributed by atoms with Crippen LogP contribution in [0.15, 0.2) is 24.3 Å². The van der Waals surface area contributed by atoms with E-state index in [2.05, 4.69) is 0 Å². The number of fused-ring (bicyclic) bond motifs is 4. The van der Waals surface area contributed by atoms with Crippen LogP contribution in [-0.4, -0.2) is 40.0 Å². The number of carbonyl (C=O) groups excluding carboxylic acids is 1. The van der Waals surface area contributed by atoms with Crippen LogP contribution in [0.25, 0.3) is 11.1 Å². The standard InChI is InChI=1S/C24H28O6/c1-24(2)18-8-14-10-20(27-4)22(29-6)12-16(14)15-11-21(28-5)19(26-3)9-13(15)7-17(18)23(25)30-24/h9-12,17-18H,7-8H2,1-6H3/t17-,18-/m1/s1. The highest BCUT2D eigenvalue weighted by Crippen LogP contribution is 2.49. The second-order valence-electron chi connectivity index (χ2n) is 8.37. The van der Waals surface area contributed by atoms with Gasteiger partial charge in [-0.15, -0.1) is 0 Å². The summed E-state index contributed by atoms with van der Waals surface area (Å²) < 4.78 is 28.0. The molecule has 0 spiro atoms. The number of hydrogen-bond donors (Lipinski definition) is 0. The van der Waals surface area contributed by atoms with E-state index in [-0.39, 0.29) is 17.8 Å². The quantitative estimate of drug-likeness (QED) is 0.706. The highest BCUT2D eigenvalue weighted by atomic mass is 16.6. The van der Waals surface area contributed by atoms with Crippen molar-refractivity contribution >= 4 is 5.97 Å². The van der Waals surface area contributed by atoms with Gasteiger partial charge in [0, 0.05) is 5.92 Å². The lowest BCUT2D eigenvalue weighted by molar-refractivity contribution is -0.148. The van der Waals surface area contributed by atoms with Crippen molar-refractivity contribution in [3.8, 4) is 34.1 Å². The van der Waals surface area contributed by atoms with Crippen LogP contribution in [0.4, 0.5) is 0 Å². The lowest BCUT2D eigenvalue weighted by Crippen LogP contribution is -2.33. The van der Waals surface area contributed by atoms with Crippen molar-refractivity contribution in [1.82, 2.24) is 0 Å². The molecule has 0 radical (unpaired) electrons. The second kappa shape index (κ2) is 7.42. The van der Waals surface area contributed by atoms with Gasteiger partial charge in [0.1, 0.15) is 5.60 Å². The van der Waals surface area contributed by atoms with Crippen molar-refractivity contribution in [1.29, 1.82) is 0 Å². The molecule has 1 fully saturated rings. The first kappa shape index (κ1) is 20.4. The molecule has 30 heavy (non-hydrogen) atoms. The van der Waals surface area contributed by atoms with Crippen molar-refractivity contribution in [3.63, 3.8) is 0 Å². The summed E-state index contributed by atoms with van der Waals surface area (Å²) in [5, 5.41) is 0. The molecule has 0 unspecified atom stereocenters. The maximum atomic E-state index is 12.8. The molecule has 1 aliphatic carbocycles. The number of ether oxygens (including phenoxy) is 5. The van der Waals surface area contributed by atoms with Crippen molar-refractivity contribution < 1.29 is 28.5 Å². The lowest BCUT2D eigenvalue weighted by Gasteiger charge is -2.31. The highest BCUT2D eigenvalue weighted by Gasteiger charge is 2.50. The summed E-state index contributed by atoms with van der Waals surface area (Å²) in [6, 6.07) is 7.96. The Kier molecular flexibility index (Phi) is 5.04. The number of esters is 1. The first-order valence-electron chi connectivity index (χ1n) is 10.1. The molecular weight excluding hydrogens is 384 g/mol. The summed E-state index contributed by atoms with van der Waals surface area (Å²) in [5.74, 6) is 2.28. The molecule has 1 heterocycles. The van der Waals surface area contributed by atoms with Crippen LogP contribution in [0.1, 0.15) is 25.0 Å². The number of methoxy groups -OCH3 is 4. The molecule has 6 heteroatoms. The molecule has 1 saturated heterocycles. The molecule has 2 aromatic carbocycles. The van der Waals surface area contributed by atoms with Gasteiger partial charge < -0.3 is 23.7 Å². The van der Waals surface area contributed by atoms with E-state index in [0.717, 1.165) is 22.3 Å². The Bertz CT molecular complexity index is 994. The molecule has 0 N–H and O–H groups in total. The Labute approximate surface area is 177 Å². The van der Waals surface area contributed by atoms with Crippen LogP contribution in [0, 0.1) is 11.8 Å². The Balaban J connectivity index is 2.00. The Hall–Kier alpha value is -2.89. The topological polar surface area (TPSA) is 63.2 Å². The summed E-state index contributed by atoms with van der Waals surface area (Å²) >= 11 is 0.